The summed E-state index contributed by atoms with van der Waals surface area (Å²) < 4.78 is 14.7. The van der Waals surface area contributed by atoms with Crippen molar-refractivity contribution in [2.45, 2.75) is 25.8 Å². The third-order valence-electron chi connectivity index (χ3n) is 4.98. The summed E-state index contributed by atoms with van der Waals surface area (Å²) >= 11 is 0. The van der Waals surface area contributed by atoms with Gasteiger partial charge in [0.15, 0.2) is 0 Å². The van der Waals surface area contributed by atoms with Crippen LogP contribution in [0.5, 0.6) is 0 Å². The molecule has 138 valence electrons. The van der Waals surface area contributed by atoms with Gasteiger partial charge in [0.25, 0.3) is 11.5 Å². The Balaban J connectivity index is 1.81. The van der Waals surface area contributed by atoms with E-state index in [1.807, 2.05) is 6.07 Å². The van der Waals surface area contributed by atoms with Crippen molar-refractivity contribution in [1.82, 2.24) is 14.5 Å². The number of hydrogen-bond acceptors (Lipinski definition) is 3. The summed E-state index contributed by atoms with van der Waals surface area (Å²) in [6.07, 6.45) is 4.66. The molecule has 0 bridgehead atoms. The van der Waals surface area contributed by atoms with Crippen molar-refractivity contribution in [2.75, 3.05) is 13.1 Å². The van der Waals surface area contributed by atoms with E-state index in [4.69, 9.17) is 0 Å². The summed E-state index contributed by atoms with van der Waals surface area (Å²) in [5.41, 5.74) is 1.09. The van der Waals surface area contributed by atoms with Gasteiger partial charge in [-0.3, -0.25) is 14.2 Å². The molecule has 3 aromatic rings. The quantitative estimate of drug-likeness (QED) is 0.716. The maximum Gasteiger partial charge on any atom is 0.265 e. The summed E-state index contributed by atoms with van der Waals surface area (Å²) in [5, 5.41) is 0.736. The molecule has 1 aromatic carbocycles. The van der Waals surface area contributed by atoms with E-state index < -0.39 is 0 Å². The highest BCUT2D eigenvalue weighted by Crippen LogP contribution is 2.16. The lowest BCUT2D eigenvalue weighted by molar-refractivity contribution is 0.0722. The van der Waals surface area contributed by atoms with Gasteiger partial charge in [-0.2, -0.15) is 0 Å². The number of aromatic nitrogens is 2. The fraction of sp³-hybridized carbons (Fsp3) is 0.286. The number of carbonyl (C=O) groups is 1. The summed E-state index contributed by atoms with van der Waals surface area (Å²) in [7, 11) is 0. The molecule has 4 rings (SSSR count). The number of benzene rings is 1. The van der Waals surface area contributed by atoms with E-state index in [2.05, 4.69) is 4.98 Å². The molecule has 0 N–H and O–H groups in total. The molecule has 0 spiro atoms. The predicted molar refractivity (Wildman–Crippen MR) is 101 cm³/mol. The molecule has 1 aliphatic heterocycles. The minimum Gasteiger partial charge on any atom is -0.338 e. The van der Waals surface area contributed by atoms with Crippen molar-refractivity contribution in [1.29, 1.82) is 0 Å². The molecule has 1 amide bonds. The molecule has 2 aromatic heterocycles. The highest BCUT2D eigenvalue weighted by molar-refractivity contribution is 5.97. The molecule has 3 heterocycles. The number of nitrogens with zero attached hydrogens (tertiary/aromatic N) is 3. The third-order valence-corrected chi connectivity index (χ3v) is 4.98. The molecule has 1 aliphatic rings. The first-order valence-corrected chi connectivity index (χ1v) is 9.16. The monoisotopic (exact) mass is 365 g/mol. The van der Waals surface area contributed by atoms with Crippen LogP contribution in [0.25, 0.3) is 11.0 Å². The fourth-order valence-electron chi connectivity index (χ4n) is 3.55. The van der Waals surface area contributed by atoms with Crippen molar-refractivity contribution >= 4 is 16.9 Å². The standard InChI is InChI=1S/C21H20FN3O2/c22-17-8-6-15(7-9-17)14-25-19-16(5-4-10-23-19)13-18(21(25)27)20(26)24-11-2-1-3-12-24/h4-10,13H,1-3,11-12,14H2. The van der Waals surface area contributed by atoms with E-state index in [1.165, 1.54) is 16.7 Å². The van der Waals surface area contributed by atoms with Gasteiger partial charge in [0, 0.05) is 24.7 Å². The molecule has 0 atom stereocenters. The van der Waals surface area contributed by atoms with Gasteiger partial charge < -0.3 is 4.90 Å². The minimum atomic E-state index is -0.360. The lowest BCUT2D eigenvalue weighted by Gasteiger charge is -2.26. The van der Waals surface area contributed by atoms with Gasteiger partial charge in [0.05, 0.1) is 6.54 Å². The highest BCUT2D eigenvalue weighted by atomic mass is 19.1. The Bertz CT molecular complexity index is 1040. The minimum absolute atomic E-state index is 0.166. The van der Waals surface area contributed by atoms with Gasteiger partial charge in [-0.15, -0.1) is 0 Å². The van der Waals surface area contributed by atoms with Crippen molar-refractivity contribution in [3.63, 3.8) is 0 Å². The van der Waals surface area contributed by atoms with Crippen LogP contribution in [0.1, 0.15) is 35.2 Å². The van der Waals surface area contributed by atoms with Crippen LogP contribution in [0.3, 0.4) is 0 Å². The van der Waals surface area contributed by atoms with Crippen LogP contribution >= 0.6 is 0 Å². The first kappa shape index (κ1) is 17.4. The SMILES string of the molecule is O=C(c1cc2cccnc2n(Cc2ccc(F)cc2)c1=O)N1CCCCC1. The van der Waals surface area contributed by atoms with Crippen LogP contribution in [0.15, 0.2) is 53.5 Å². The van der Waals surface area contributed by atoms with Gasteiger partial charge in [-0.25, -0.2) is 9.37 Å². The normalized spacial score (nSPS) is 14.5. The zero-order valence-corrected chi connectivity index (χ0v) is 14.9. The number of carbonyl (C=O) groups excluding carboxylic acids is 1. The molecule has 5 nitrogen and oxygen atoms in total. The zero-order chi connectivity index (χ0) is 18.8. The number of hydrogen-bond donors (Lipinski definition) is 0. The topological polar surface area (TPSA) is 55.2 Å². The first-order chi connectivity index (χ1) is 13.1. The molecule has 1 saturated heterocycles. The average Bonchev–Trinajstić information content (AvgIpc) is 2.71. The largest absolute Gasteiger partial charge is 0.338 e. The average molecular weight is 365 g/mol. The second-order valence-corrected chi connectivity index (χ2v) is 6.84. The van der Waals surface area contributed by atoms with Crippen molar-refractivity contribution in [2.24, 2.45) is 0 Å². The second-order valence-electron chi connectivity index (χ2n) is 6.84. The molecule has 1 fully saturated rings. The second kappa shape index (κ2) is 7.31. The lowest BCUT2D eigenvalue weighted by atomic mass is 10.1. The summed E-state index contributed by atoms with van der Waals surface area (Å²) in [6.45, 7) is 1.59. The molecule has 27 heavy (non-hydrogen) atoms. The van der Waals surface area contributed by atoms with Crippen LogP contribution in [-0.4, -0.2) is 33.4 Å². The Morgan fingerprint density at radius 1 is 1.07 bits per heavy atom. The molecule has 0 aliphatic carbocycles. The summed E-state index contributed by atoms with van der Waals surface area (Å²) in [4.78, 5) is 32.2. The maximum absolute atomic E-state index is 13.2. The number of halogens is 1. The van der Waals surface area contributed by atoms with Crippen LogP contribution in [0.4, 0.5) is 4.39 Å². The van der Waals surface area contributed by atoms with E-state index >= 15 is 0 Å². The zero-order valence-electron chi connectivity index (χ0n) is 14.9. The van der Waals surface area contributed by atoms with E-state index in [1.54, 1.807) is 35.4 Å². The summed E-state index contributed by atoms with van der Waals surface area (Å²) in [6, 6.07) is 11.3. The van der Waals surface area contributed by atoms with Gasteiger partial charge in [0.2, 0.25) is 0 Å². The van der Waals surface area contributed by atoms with Crippen molar-refractivity contribution in [3.05, 3.63) is 76.0 Å². The van der Waals surface area contributed by atoms with E-state index in [9.17, 15) is 14.0 Å². The Labute approximate surface area is 156 Å². The van der Waals surface area contributed by atoms with Crippen LogP contribution < -0.4 is 5.56 Å². The predicted octanol–water partition coefficient (Wildman–Crippen LogP) is 3.21. The molecule has 6 heteroatoms. The molecular weight excluding hydrogens is 345 g/mol. The van der Waals surface area contributed by atoms with Crippen molar-refractivity contribution < 1.29 is 9.18 Å². The lowest BCUT2D eigenvalue weighted by Crippen LogP contribution is -2.39. The maximum atomic E-state index is 13.2. The fourth-order valence-corrected chi connectivity index (χ4v) is 3.55. The number of fused-ring (bicyclic) bond motifs is 1. The van der Waals surface area contributed by atoms with Gasteiger partial charge in [-0.05, 0) is 55.2 Å². The number of likely N-dealkylation sites (tertiary alicyclic amines) is 1. The van der Waals surface area contributed by atoms with Gasteiger partial charge in [0.1, 0.15) is 17.0 Å². The smallest absolute Gasteiger partial charge is 0.265 e. The number of piperidine rings is 1. The molecule has 0 unspecified atom stereocenters. The highest BCUT2D eigenvalue weighted by Gasteiger charge is 2.23. The Morgan fingerprint density at radius 3 is 2.56 bits per heavy atom. The number of pyridine rings is 2. The Morgan fingerprint density at radius 2 is 1.81 bits per heavy atom. The van der Waals surface area contributed by atoms with Crippen LogP contribution in [0, 0.1) is 5.82 Å². The van der Waals surface area contributed by atoms with Gasteiger partial charge in [-0.1, -0.05) is 12.1 Å². The van der Waals surface area contributed by atoms with E-state index in [0.717, 1.165) is 30.2 Å². The molecular formula is C21H20FN3O2. The van der Waals surface area contributed by atoms with Crippen LogP contribution in [-0.2, 0) is 6.54 Å². The van der Waals surface area contributed by atoms with Crippen molar-refractivity contribution in [3.8, 4) is 0 Å². The Hall–Kier alpha value is -3.02. The van der Waals surface area contributed by atoms with Gasteiger partial charge >= 0.3 is 0 Å². The van der Waals surface area contributed by atoms with E-state index in [0.29, 0.717) is 18.7 Å². The van der Waals surface area contributed by atoms with E-state index in [-0.39, 0.29) is 29.4 Å². The molecule has 0 radical (unpaired) electrons. The summed E-state index contributed by atoms with van der Waals surface area (Å²) in [5.74, 6) is -0.554. The number of rotatable bonds is 3. The molecule has 0 saturated carbocycles. The van der Waals surface area contributed by atoms with Crippen LogP contribution in [0.2, 0.25) is 0 Å². The Kier molecular flexibility index (Phi) is 4.71. The number of amides is 1. The third kappa shape index (κ3) is 3.47. The first-order valence-electron chi connectivity index (χ1n) is 9.16.